The van der Waals surface area contributed by atoms with Gasteiger partial charge in [0.2, 0.25) is 5.91 Å². The van der Waals surface area contributed by atoms with Crippen LogP contribution in [0.3, 0.4) is 0 Å². The zero-order valence-corrected chi connectivity index (χ0v) is 19.0. The van der Waals surface area contributed by atoms with Gasteiger partial charge in [-0.05, 0) is 75.1 Å². The SMILES string of the molecule is Cc1ccc(C(NC(=O)CN(C)C2CCNCC2)c2cccnc2)cc1C.Cl.Cl. The molecule has 2 aromatic rings. The minimum absolute atomic E-state index is 0. The van der Waals surface area contributed by atoms with Crippen molar-refractivity contribution in [3.8, 4) is 0 Å². The molecule has 7 heteroatoms. The van der Waals surface area contributed by atoms with Gasteiger partial charge in [0.15, 0.2) is 0 Å². The quantitative estimate of drug-likeness (QED) is 0.724. The number of aryl methyl sites for hydroxylation is 2. The summed E-state index contributed by atoms with van der Waals surface area (Å²) in [5.41, 5.74) is 4.56. The molecule has 1 fully saturated rings. The molecule has 1 unspecified atom stereocenters. The van der Waals surface area contributed by atoms with Gasteiger partial charge in [0.25, 0.3) is 0 Å². The third kappa shape index (κ3) is 6.96. The maximum atomic E-state index is 12.8. The Morgan fingerprint density at radius 2 is 1.90 bits per heavy atom. The summed E-state index contributed by atoms with van der Waals surface area (Å²) in [5, 5.41) is 6.60. The molecule has 1 amide bonds. The molecule has 0 spiro atoms. The van der Waals surface area contributed by atoms with Crippen molar-refractivity contribution in [3.63, 3.8) is 0 Å². The first-order valence-corrected chi connectivity index (χ1v) is 9.72. The minimum atomic E-state index is -0.188. The van der Waals surface area contributed by atoms with E-state index in [9.17, 15) is 4.79 Å². The number of benzene rings is 1. The van der Waals surface area contributed by atoms with E-state index in [1.54, 1.807) is 6.20 Å². The second-order valence-electron chi connectivity index (χ2n) is 7.53. The van der Waals surface area contributed by atoms with Crippen LogP contribution in [0.5, 0.6) is 0 Å². The number of rotatable bonds is 6. The van der Waals surface area contributed by atoms with Crippen molar-refractivity contribution in [2.75, 3.05) is 26.7 Å². The Morgan fingerprint density at radius 3 is 2.52 bits per heavy atom. The molecule has 0 aliphatic carbocycles. The fraction of sp³-hybridized carbons (Fsp3) is 0.455. The van der Waals surface area contributed by atoms with Gasteiger partial charge in [-0.3, -0.25) is 14.7 Å². The van der Waals surface area contributed by atoms with Crippen LogP contribution >= 0.6 is 24.8 Å². The third-order valence-corrected chi connectivity index (χ3v) is 5.51. The predicted octanol–water partition coefficient (Wildman–Crippen LogP) is 3.43. The molecule has 5 nitrogen and oxygen atoms in total. The number of hydrogen-bond donors (Lipinski definition) is 2. The second-order valence-corrected chi connectivity index (χ2v) is 7.53. The number of carbonyl (C=O) groups excluding carboxylic acids is 1. The number of likely N-dealkylation sites (N-methyl/N-ethyl adjacent to an activating group) is 1. The number of aromatic nitrogens is 1. The molecule has 1 aromatic carbocycles. The zero-order valence-electron chi connectivity index (χ0n) is 17.4. The molecular formula is C22H32Cl2N4O. The molecule has 1 aliphatic heterocycles. The maximum absolute atomic E-state index is 12.8. The Hall–Kier alpha value is -1.66. The molecule has 1 aliphatic rings. The Bertz CT molecular complexity index is 767. The Labute approximate surface area is 186 Å². The number of nitrogens with one attached hydrogen (secondary N) is 2. The molecule has 29 heavy (non-hydrogen) atoms. The van der Waals surface area contributed by atoms with Crippen LogP contribution in [-0.2, 0) is 4.79 Å². The fourth-order valence-corrected chi connectivity index (χ4v) is 3.66. The summed E-state index contributed by atoms with van der Waals surface area (Å²) in [6, 6.07) is 10.6. The van der Waals surface area contributed by atoms with E-state index >= 15 is 0 Å². The summed E-state index contributed by atoms with van der Waals surface area (Å²) in [5.74, 6) is 0.0445. The van der Waals surface area contributed by atoms with Crippen LogP contribution in [0.4, 0.5) is 0 Å². The maximum Gasteiger partial charge on any atom is 0.234 e. The average molecular weight is 439 g/mol. The highest BCUT2D eigenvalue weighted by Crippen LogP contribution is 2.23. The van der Waals surface area contributed by atoms with E-state index in [0.717, 1.165) is 37.1 Å². The first-order valence-electron chi connectivity index (χ1n) is 9.72. The minimum Gasteiger partial charge on any atom is -0.344 e. The lowest BCUT2D eigenvalue weighted by molar-refractivity contribution is -0.123. The van der Waals surface area contributed by atoms with Gasteiger partial charge in [0.1, 0.15) is 0 Å². The van der Waals surface area contributed by atoms with Crippen LogP contribution in [0.15, 0.2) is 42.7 Å². The fourth-order valence-electron chi connectivity index (χ4n) is 3.66. The summed E-state index contributed by atoms with van der Waals surface area (Å²) in [6.07, 6.45) is 5.77. The summed E-state index contributed by atoms with van der Waals surface area (Å²) >= 11 is 0. The molecule has 0 radical (unpaired) electrons. The zero-order chi connectivity index (χ0) is 19.2. The smallest absolute Gasteiger partial charge is 0.234 e. The normalized spacial score (nSPS) is 15.2. The van der Waals surface area contributed by atoms with Crippen LogP contribution in [0.25, 0.3) is 0 Å². The monoisotopic (exact) mass is 438 g/mol. The van der Waals surface area contributed by atoms with E-state index in [1.165, 1.54) is 11.1 Å². The van der Waals surface area contributed by atoms with Gasteiger partial charge in [-0.25, -0.2) is 0 Å². The third-order valence-electron chi connectivity index (χ3n) is 5.51. The second kappa shape index (κ2) is 12.1. The van der Waals surface area contributed by atoms with E-state index in [1.807, 2.05) is 25.4 Å². The molecule has 2 N–H and O–H groups in total. The Kier molecular flexibility index (Phi) is 10.6. The van der Waals surface area contributed by atoms with Crippen LogP contribution < -0.4 is 10.6 Å². The summed E-state index contributed by atoms with van der Waals surface area (Å²) in [4.78, 5) is 19.2. The molecule has 3 rings (SSSR count). The van der Waals surface area contributed by atoms with Crippen molar-refractivity contribution >= 4 is 30.7 Å². The van der Waals surface area contributed by atoms with Crippen LogP contribution in [0, 0.1) is 13.8 Å². The first-order chi connectivity index (χ1) is 13.0. The number of piperidine rings is 1. The number of amides is 1. The molecule has 160 valence electrons. The van der Waals surface area contributed by atoms with Gasteiger partial charge in [-0.1, -0.05) is 24.3 Å². The highest BCUT2D eigenvalue weighted by molar-refractivity contribution is 5.85. The van der Waals surface area contributed by atoms with Gasteiger partial charge in [-0.2, -0.15) is 0 Å². The highest BCUT2D eigenvalue weighted by Gasteiger charge is 2.22. The number of pyridine rings is 1. The van der Waals surface area contributed by atoms with Gasteiger partial charge >= 0.3 is 0 Å². The van der Waals surface area contributed by atoms with Crippen molar-refractivity contribution < 1.29 is 4.79 Å². The largest absolute Gasteiger partial charge is 0.344 e. The van der Waals surface area contributed by atoms with Gasteiger partial charge in [0, 0.05) is 18.4 Å². The van der Waals surface area contributed by atoms with Crippen LogP contribution in [-0.4, -0.2) is 48.5 Å². The summed E-state index contributed by atoms with van der Waals surface area (Å²) in [7, 11) is 2.05. The first kappa shape index (κ1) is 25.4. The summed E-state index contributed by atoms with van der Waals surface area (Å²) in [6.45, 7) is 6.66. The average Bonchev–Trinajstić information content (AvgIpc) is 2.69. The van der Waals surface area contributed by atoms with E-state index in [4.69, 9.17) is 0 Å². The standard InChI is InChI=1S/C22H30N4O.2ClH/c1-16-6-7-18(13-17(16)2)22(19-5-4-10-24-14-19)25-21(27)15-26(3)20-8-11-23-12-9-20;;/h4-7,10,13-14,20,22-23H,8-9,11-12,15H2,1-3H3,(H,25,27);2*1H. The predicted molar refractivity (Wildman–Crippen MR) is 123 cm³/mol. The number of halogens is 2. The molecule has 1 saturated heterocycles. The molecule has 1 aromatic heterocycles. The van der Waals surface area contributed by atoms with Crippen LogP contribution in [0.1, 0.15) is 41.1 Å². The molecule has 0 bridgehead atoms. The topological polar surface area (TPSA) is 57.3 Å². The number of nitrogens with zero attached hydrogens (tertiary/aromatic N) is 2. The van der Waals surface area contributed by atoms with Crippen LogP contribution in [0.2, 0.25) is 0 Å². The van der Waals surface area contributed by atoms with Crippen molar-refractivity contribution in [3.05, 3.63) is 65.0 Å². The lowest BCUT2D eigenvalue weighted by atomic mass is 9.96. The lowest BCUT2D eigenvalue weighted by Gasteiger charge is -2.31. The van der Waals surface area contributed by atoms with Gasteiger partial charge in [0.05, 0.1) is 12.6 Å². The Morgan fingerprint density at radius 1 is 1.17 bits per heavy atom. The van der Waals surface area contributed by atoms with E-state index in [-0.39, 0.29) is 36.8 Å². The Balaban J connectivity index is 0.00000210. The summed E-state index contributed by atoms with van der Waals surface area (Å²) < 4.78 is 0. The molecule has 2 heterocycles. The molecule has 0 saturated carbocycles. The van der Waals surface area contributed by atoms with Crippen molar-refractivity contribution in [2.45, 2.75) is 38.8 Å². The molecular weight excluding hydrogens is 407 g/mol. The van der Waals surface area contributed by atoms with Gasteiger partial charge < -0.3 is 10.6 Å². The molecule has 1 atom stereocenters. The van der Waals surface area contributed by atoms with Crippen molar-refractivity contribution in [1.82, 2.24) is 20.5 Å². The lowest BCUT2D eigenvalue weighted by Crippen LogP contribution is -2.46. The van der Waals surface area contributed by atoms with Crippen molar-refractivity contribution in [2.24, 2.45) is 0 Å². The van der Waals surface area contributed by atoms with E-state index in [0.29, 0.717) is 12.6 Å². The number of hydrogen-bond acceptors (Lipinski definition) is 4. The van der Waals surface area contributed by atoms with E-state index < -0.39 is 0 Å². The van der Waals surface area contributed by atoms with E-state index in [2.05, 4.69) is 52.6 Å². The van der Waals surface area contributed by atoms with Gasteiger partial charge in [-0.15, -0.1) is 24.8 Å². The number of carbonyl (C=O) groups is 1. The highest BCUT2D eigenvalue weighted by atomic mass is 35.5. The van der Waals surface area contributed by atoms with Crippen molar-refractivity contribution in [1.29, 1.82) is 0 Å².